The summed E-state index contributed by atoms with van der Waals surface area (Å²) in [6.07, 6.45) is -1.01. The molecule has 1 N–H and O–H groups in total. The van der Waals surface area contributed by atoms with Gasteiger partial charge in [0.25, 0.3) is 15.9 Å². The van der Waals surface area contributed by atoms with Gasteiger partial charge in [-0.25, -0.2) is 8.42 Å². The number of para-hydroxylation sites is 2. The summed E-state index contributed by atoms with van der Waals surface area (Å²) in [7, 11) is -3.94. The molecule has 1 heterocycles. The van der Waals surface area contributed by atoms with Gasteiger partial charge in [0, 0.05) is 5.02 Å². The van der Waals surface area contributed by atoms with Gasteiger partial charge in [0.2, 0.25) is 0 Å². The summed E-state index contributed by atoms with van der Waals surface area (Å²) in [4.78, 5) is 13.3. The maximum Gasteiger partial charge on any atom is 0.264 e. The Kier molecular flexibility index (Phi) is 6.60. The first-order valence-corrected chi connectivity index (χ1v) is 12.8. The normalized spacial score (nSPS) is 16.4. The number of aryl methyl sites for hydroxylation is 3. The minimum Gasteiger partial charge on any atom is -0.476 e. The van der Waals surface area contributed by atoms with E-state index >= 15 is 0 Å². The molecule has 1 aliphatic rings. The lowest BCUT2D eigenvalue weighted by molar-refractivity contribution is -0.128. The average molecular weight is 499 g/mol. The monoisotopic (exact) mass is 498 g/mol. The van der Waals surface area contributed by atoms with Crippen molar-refractivity contribution in [1.82, 2.24) is 5.32 Å². The fourth-order valence-corrected chi connectivity index (χ4v) is 5.74. The second-order valence-electron chi connectivity index (χ2n) is 8.59. The van der Waals surface area contributed by atoms with E-state index in [1.54, 1.807) is 24.3 Å². The molecule has 0 saturated heterocycles. The number of halogens is 1. The van der Waals surface area contributed by atoms with E-state index < -0.39 is 16.1 Å². The number of rotatable bonds is 5. The minimum atomic E-state index is -3.94. The number of amides is 1. The van der Waals surface area contributed by atoms with Crippen LogP contribution in [-0.2, 0) is 14.8 Å². The van der Waals surface area contributed by atoms with Crippen LogP contribution in [0.5, 0.6) is 5.75 Å². The molecule has 1 amide bonds. The largest absolute Gasteiger partial charge is 0.476 e. The van der Waals surface area contributed by atoms with E-state index in [1.165, 1.54) is 34.1 Å². The summed E-state index contributed by atoms with van der Waals surface area (Å²) in [5, 5.41) is 3.44. The first kappa shape index (κ1) is 24.1. The number of carbonyl (C=O) groups excluding carboxylic acids is 1. The molecular weight excluding hydrogens is 472 g/mol. The second kappa shape index (κ2) is 9.31. The van der Waals surface area contributed by atoms with Crippen LogP contribution in [0.2, 0.25) is 5.02 Å². The molecule has 0 saturated carbocycles. The predicted octanol–water partition coefficient (Wildman–Crippen LogP) is 5.10. The molecule has 178 valence electrons. The van der Waals surface area contributed by atoms with Crippen LogP contribution >= 0.6 is 11.6 Å². The summed E-state index contributed by atoms with van der Waals surface area (Å²) >= 11 is 5.94. The molecule has 0 aliphatic carbocycles. The van der Waals surface area contributed by atoms with Crippen molar-refractivity contribution in [1.29, 1.82) is 0 Å². The second-order valence-corrected chi connectivity index (χ2v) is 10.9. The Morgan fingerprint density at radius 2 is 1.68 bits per heavy atom. The Balaban J connectivity index is 1.62. The van der Waals surface area contributed by atoms with Crippen molar-refractivity contribution in [2.24, 2.45) is 0 Å². The maximum atomic E-state index is 13.5. The van der Waals surface area contributed by atoms with Crippen LogP contribution in [0.3, 0.4) is 0 Å². The van der Waals surface area contributed by atoms with Crippen molar-refractivity contribution in [3.63, 3.8) is 0 Å². The van der Waals surface area contributed by atoms with Crippen LogP contribution in [-0.4, -0.2) is 27.0 Å². The van der Waals surface area contributed by atoms with Gasteiger partial charge in [0.1, 0.15) is 5.75 Å². The lowest BCUT2D eigenvalue weighted by Gasteiger charge is -2.35. The molecule has 3 aromatic carbocycles. The molecule has 3 aromatic rings. The maximum absolute atomic E-state index is 13.5. The van der Waals surface area contributed by atoms with Gasteiger partial charge in [0.15, 0.2) is 6.10 Å². The number of ether oxygens (including phenoxy) is 1. The van der Waals surface area contributed by atoms with Gasteiger partial charge in [-0.1, -0.05) is 35.9 Å². The fourth-order valence-electron chi connectivity index (χ4n) is 4.13. The highest BCUT2D eigenvalue weighted by atomic mass is 35.5. The van der Waals surface area contributed by atoms with Gasteiger partial charge < -0.3 is 10.1 Å². The summed E-state index contributed by atoms with van der Waals surface area (Å²) in [6.45, 7) is 7.87. The zero-order valence-corrected chi connectivity index (χ0v) is 21.1. The summed E-state index contributed by atoms with van der Waals surface area (Å²) < 4.78 is 34.1. The summed E-state index contributed by atoms with van der Waals surface area (Å²) in [5.41, 5.74) is 4.82. The number of hydrogen-bond donors (Lipinski definition) is 1. The highest BCUT2D eigenvalue weighted by Gasteiger charge is 2.37. The number of sulfonamides is 1. The van der Waals surface area contributed by atoms with Crippen LogP contribution < -0.4 is 14.4 Å². The highest BCUT2D eigenvalue weighted by molar-refractivity contribution is 7.92. The molecule has 6 nitrogen and oxygen atoms in total. The predicted molar refractivity (Wildman–Crippen MR) is 134 cm³/mol. The lowest BCUT2D eigenvalue weighted by atomic mass is 9.96. The fraction of sp³-hybridized carbons (Fsp3) is 0.269. The first-order valence-electron chi connectivity index (χ1n) is 11.0. The van der Waals surface area contributed by atoms with E-state index in [2.05, 4.69) is 24.4 Å². The third kappa shape index (κ3) is 4.63. The first-order chi connectivity index (χ1) is 16.1. The van der Waals surface area contributed by atoms with Crippen molar-refractivity contribution in [3.05, 3.63) is 87.9 Å². The van der Waals surface area contributed by atoms with Gasteiger partial charge in [-0.3, -0.25) is 9.10 Å². The van der Waals surface area contributed by atoms with E-state index in [-0.39, 0.29) is 23.4 Å². The van der Waals surface area contributed by atoms with Crippen LogP contribution in [0.25, 0.3) is 0 Å². The van der Waals surface area contributed by atoms with E-state index in [4.69, 9.17) is 16.3 Å². The Labute approximate surface area is 205 Å². The van der Waals surface area contributed by atoms with Gasteiger partial charge in [-0.2, -0.15) is 0 Å². The molecule has 34 heavy (non-hydrogen) atoms. The molecule has 0 aromatic heterocycles. The number of fused-ring (bicyclic) bond motifs is 1. The molecule has 0 unspecified atom stereocenters. The number of nitrogens with one attached hydrogen (secondary N) is 1. The summed E-state index contributed by atoms with van der Waals surface area (Å²) in [5.74, 6) is -0.0441. The third-order valence-electron chi connectivity index (χ3n) is 6.14. The molecule has 4 rings (SSSR count). The van der Waals surface area contributed by atoms with E-state index in [9.17, 15) is 13.2 Å². The van der Waals surface area contributed by atoms with Crippen molar-refractivity contribution in [2.75, 3.05) is 10.8 Å². The molecule has 2 atom stereocenters. The van der Waals surface area contributed by atoms with Crippen molar-refractivity contribution < 1.29 is 17.9 Å². The Morgan fingerprint density at radius 1 is 1.03 bits per heavy atom. The van der Waals surface area contributed by atoms with Crippen molar-refractivity contribution >= 4 is 33.2 Å². The van der Waals surface area contributed by atoms with Gasteiger partial charge >= 0.3 is 0 Å². The van der Waals surface area contributed by atoms with Crippen LogP contribution in [0.4, 0.5) is 5.69 Å². The number of nitrogens with zero attached hydrogens (tertiary/aromatic N) is 1. The van der Waals surface area contributed by atoms with E-state index in [0.29, 0.717) is 16.5 Å². The average Bonchev–Trinajstić information content (AvgIpc) is 2.80. The number of hydrogen-bond acceptors (Lipinski definition) is 4. The van der Waals surface area contributed by atoms with Gasteiger partial charge in [0.05, 0.1) is 23.2 Å². The molecule has 0 bridgehead atoms. The number of anilines is 1. The van der Waals surface area contributed by atoms with Crippen LogP contribution in [0, 0.1) is 20.8 Å². The van der Waals surface area contributed by atoms with Gasteiger partial charge in [-0.05, 0) is 86.3 Å². The van der Waals surface area contributed by atoms with Crippen LogP contribution in [0.15, 0.2) is 65.6 Å². The molecule has 8 heteroatoms. The molecular formula is C26H27ClN2O4S. The minimum absolute atomic E-state index is 0.0897. The van der Waals surface area contributed by atoms with E-state index in [0.717, 1.165) is 16.7 Å². The summed E-state index contributed by atoms with van der Waals surface area (Å²) in [6, 6.07) is 16.7. The number of carbonyl (C=O) groups is 1. The molecule has 0 radical (unpaired) electrons. The standard InChI is InChI=1S/C26H27ClN2O4S/c1-16-13-18(3)22(14-17(16)2)19(4)28-26(30)25-15-29(23-7-5-6-8-24(23)33-25)34(31,32)21-11-9-20(27)10-12-21/h5-14,19,25H,15H2,1-4H3,(H,28,30)/t19-,25+/m1/s1. The lowest BCUT2D eigenvalue weighted by Crippen LogP contribution is -2.51. The number of benzene rings is 3. The van der Waals surface area contributed by atoms with E-state index in [1.807, 2.05) is 20.8 Å². The SMILES string of the molecule is Cc1cc(C)c([C@@H](C)NC(=O)[C@@H]2CN(S(=O)(=O)c3ccc(Cl)cc3)c3ccccc3O2)cc1C. The smallest absolute Gasteiger partial charge is 0.264 e. The zero-order valence-electron chi connectivity index (χ0n) is 19.5. The molecule has 0 fully saturated rings. The molecule has 0 spiro atoms. The quantitative estimate of drug-likeness (QED) is 0.531. The highest BCUT2D eigenvalue weighted by Crippen LogP contribution is 2.37. The van der Waals surface area contributed by atoms with Crippen LogP contribution in [0.1, 0.15) is 35.2 Å². The van der Waals surface area contributed by atoms with Crippen molar-refractivity contribution in [3.8, 4) is 5.75 Å². The van der Waals surface area contributed by atoms with Crippen molar-refractivity contribution in [2.45, 2.75) is 44.7 Å². The third-order valence-corrected chi connectivity index (χ3v) is 8.18. The Morgan fingerprint density at radius 3 is 2.38 bits per heavy atom. The Hall–Kier alpha value is -3.03. The van der Waals surface area contributed by atoms with Gasteiger partial charge in [-0.15, -0.1) is 0 Å². The topological polar surface area (TPSA) is 75.7 Å². The Bertz CT molecular complexity index is 1340. The zero-order chi connectivity index (χ0) is 24.6. The molecule has 1 aliphatic heterocycles.